The van der Waals surface area contributed by atoms with Crippen LogP contribution in [0, 0.1) is 0 Å². The van der Waals surface area contributed by atoms with Crippen LogP contribution in [0.5, 0.6) is 5.88 Å². The predicted molar refractivity (Wildman–Crippen MR) is 116 cm³/mol. The van der Waals surface area contributed by atoms with Gasteiger partial charge >= 0.3 is 6.03 Å². The molecule has 1 aromatic heterocycles. The van der Waals surface area contributed by atoms with Gasteiger partial charge in [0.25, 0.3) is 0 Å². The van der Waals surface area contributed by atoms with Crippen molar-refractivity contribution in [3.8, 4) is 5.88 Å². The van der Waals surface area contributed by atoms with Crippen molar-refractivity contribution in [2.45, 2.75) is 55.9 Å². The van der Waals surface area contributed by atoms with E-state index in [0.29, 0.717) is 25.6 Å². The fraction of sp³-hybridized carbons (Fsp3) is 0.524. The average Bonchev–Trinajstić information content (AvgIpc) is 3.46. The Morgan fingerprint density at radius 2 is 2.26 bits per heavy atom. The van der Waals surface area contributed by atoms with E-state index in [-0.39, 0.29) is 10.8 Å². The van der Waals surface area contributed by atoms with E-state index >= 15 is 0 Å². The van der Waals surface area contributed by atoms with Gasteiger partial charge in [-0.15, -0.1) is 4.36 Å². The highest BCUT2D eigenvalue weighted by atomic mass is 32.2. The van der Waals surface area contributed by atoms with E-state index in [1.807, 2.05) is 0 Å². The summed E-state index contributed by atoms with van der Waals surface area (Å²) in [4.78, 5) is 13.1. The summed E-state index contributed by atoms with van der Waals surface area (Å²) in [5.74, 6) is 0.552. The number of nitrogens with one attached hydrogen (secondary N) is 1. The summed E-state index contributed by atoms with van der Waals surface area (Å²) in [5.41, 5.74) is 5.62. The number of nitrogens with two attached hydrogens (primary N) is 1. The van der Waals surface area contributed by atoms with Gasteiger partial charge in [0.05, 0.1) is 19.4 Å². The Hall–Kier alpha value is -2.43. The normalized spacial score (nSPS) is 20.9. The van der Waals surface area contributed by atoms with E-state index in [4.69, 9.17) is 14.6 Å². The van der Waals surface area contributed by atoms with Gasteiger partial charge in [0, 0.05) is 31.7 Å². The van der Waals surface area contributed by atoms with E-state index < -0.39 is 15.9 Å². The van der Waals surface area contributed by atoms with E-state index in [1.54, 1.807) is 11.8 Å². The quantitative estimate of drug-likeness (QED) is 0.750. The molecule has 1 aliphatic heterocycles. The van der Waals surface area contributed by atoms with Crippen LogP contribution in [-0.4, -0.2) is 40.3 Å². The lowest BCUT2D eigenvalue weighted by molar-refractivity contribution is 0.179. The largest absolute Gasteiger partial charge is 0.477 e. The monoisotopic (exact) mass is 445 g/mol. The number of carbonyl (C=O) groups is 1. The molecule has 31 heavy (non-hydrogen) atoms. The van der Waals surface area contributed by atoms with Crippen molar-refractivity contribution < 1.29 is 18.5 Å². The second kappa shape index (κ2) is 7.92. The summed E-state index contributed by atoms with van der Waals surface area (Å²) in [6.07, 6.45) is 7.10. The standard InChI is InChI=1S/C21H27N5O4S/c1-29-12-15-7-6-14-10-13-4-2-5-16(13)19(18(14)15)24-21(27)25-31(22,28)17-11-23-26-8-3-9-30-20(17)26/h10-11,15H,2-9,12H2,1H3,(H3,22,24,25,27,28)/t15-,31+/m1/s1. The molecule has 2 aliphatic carbocycles. The van der Waals surface area contributed by atoms with E-state index in [9.17, 15) is 9.00 Å². The van der Waals surface area contributed by atoms with Gasteiger partial charge in [-0.1, -0.05) is 6.07 Å². The maximum absolute atomic E-state index is 13.2. The number of hydrogen-bond donors (Lipinski definition) is 2. The van der Waals surface area contributed by atoms with Crippen molar-refractivity contribution in [3.63, 3.8) is 0 Å². The van der Waals surface area contributed by atoms with Crippen molar-refractivity contribution >= 4 is 21.6 Å². The zero-order valence-corrected chi connectivity index (χ0v) is 18.4. The highest BCUT2D eigenvalue weighted by molar-refractivity contribution is 7.91. The zero-order chi connectivity index (χ0) is 21.6. The molecule has 3 N–H and O–H groups in total. The minimum Gasteiger partial charge on any atom is -0.477 e. The summed E-state index contributed by atoms with van der Waals surface area (Å²) in [7, 11) is -1.81. The van der Waals surface area contributed by atoms with Crippen LogP contribution in [0.25, 0.3) is 0 Å². The van der Waals surface area contributed by atoms with Gasteiger partial charge in [0.1, 0.15) is 4.90 Å². The number of urea groups is 1. The molecule has 0 saturated carbocycles. The predicted octanol–water partition coefficient (Wildman–Crippen LogP) is 2.76. The molecule has 166 valence electrons. The molecule has 5 rings (SSSR count). The molecule has 3 aliphatic rings. The molecule has 2 amide bonds. The van der Waals surface area contributed by atoms with Crippen LogP contribution in [0.15, 0.2) is 21.5 Å². The third-order valence-corrected chi connectivity index (χ3v) is 7.69. The van der Waals surface area contributed by atoms with Gasteiger partial charge in [-0.25, -0.2) is 18.8 Å². The number of benzene rings is 1. The van der Waals surface area contributed by atoms with Gasteiger partial charge in [0.15, 0.2) is 9.92 Å². The van der Waals surface area contributed by atoms with Gasteiger partial charge in [0.2, 0.25) is 5.88 Å². The lowest BCUT2D eigenvalue weighted by Crippen LogP contribution is -2.21. The first-order valence-corrected chi connectivity index (χ1v) is 12.3. The molecule has 0 radical (unpaired) electrons. The molecule has 10 heteroatoms. The van der Waals surface area contributed by atoms with Crippen molar-refractivity contribution in [2.75, 3.05) is 25.6 Å². The summed E-state index contributed by atoms with van der Waals surface area (Å²) < 4.78 is 29.6. The van der Waals surface area contributed by atoms with Crippen LogP contribution in [-0.2, 0) is 40.5 Å². The number of carbonyl (C=O) groups excluding carboxylic acids is 1. The lowest BCUT2D eigenvalue weighted by Gasteiger charge is -2.19. The molecular weight excluding hydrogens is 418 g/mol. The average molecular weight is 446 g/mol. The Balaban J connectivity index is 1.50. The number of aryl methyl sites for hydroxylation is 3. The van der Waals surface area contributed by atoms with Gasteiger partial charge < -0.3 is 14.8 Å². The third kappa shape index (κ3) is 3.62. The molecule has 1 aromatic carbocycles. The minimum absolute atomic E-state index is 0.156. The number of anilines is 1. The second-order valence-electron chi connectivity index (χ2n) is 8.34. The lowest BCUT2D eigenvalue weighted by atomic mass is 9.94. The molecule has 0 bridgehead atoms. The third-order valence-electron chi connectivity index (χ3n) is 6.34. The Morgan fingerprint density at radius 3 is 3.10 bits per heavy atom. The fourth-order valence-corrected chi connectivity index (χ4v) is 6.03. The van der Waals surface area contributed by atoms with E-state index in [0.717, 1.165) is 55.3 Å². The topological polar surface area (TPSA) is 121 Å². The maximum Gasteiger partial charge on any atom is 0.354 e. The first-order chi connectivity index (χ1) is 15.0. The van der Waals surface area contributed by atoms with Gasteiger partial charge in [-0.2, -0.15) is 5.10 Å². The first kappa shape index (κ1) is 20.5. The van der Waals surface area contributed by atoms with E-state index in [2.05, 4.69) is 20.8 Å². The zero-order valence-electron chi connectivity index (χ0n) is 17.6. The van der Waals surface area contributed by atoms with Crippen LogP contribution >= 0.6 is 0 Å². The fourth-order valence-electron chi connectivity index (χ4n) is 5.03. The smallest absolute Gasteiger partial charge is 0.354 e. The number of methoxy groups -OCH3 is 1. The number of aromatic nitrogens is 2. The second-order valence-corrected chi connectivity index (χ2v) is 10.1. The first-order valence-electron chi connectivity index (χ1n) is 10.7. The maximum atomic E-state index is 13.2. The van der Waals surface area contributed by atoms with E-state index in [1.165, 1.54) is 17.3 Å². The number of nitrogens with zero attached hydrogens (tertiary/aromatic N) is 3. The van der Waals surface area contributed by atoms with Crippen LogP contribution < -0.4 is 15.2 Å². The number of fused-ring (bicyclic) bond motifs is 3. The highest BCUT2D eigenvalue weighted by Gasteiger charge is 2.31. The molecule has 2 heterocycles. The molecule has 9 nitrogen and oxygen atoms in total. The molecular formula is C21H27N5O4S. The van der Waals surface area contributed by atoms with Crippen molar-refractivity contribution in [1.82, 2.24) is 9.78 Å². The summed E-state index contributed by atoms with van der Waals surface area (Å²) in [5, 5.41) is 13.1. The van der Waals surface area contributed by atoms with Gasteiger partial charge in [-0.05, 0) is 54.4 Å². The highest BCUT2D eigenvalue weighted by Crippen LogP contribution is 2.44. The molecule has 2 aromatic rings. The van der Waals surface area contributed by atoms with Crippen molar-refractivity contribution in [3.05, 3.63) is 34.5 Å². The number of amides is 2. The van der Waals surface area contributed by atoms with Crippen molar-refractivity contribution in [2.24, 2.45) is 9.50 Å². The molecule has 2 atom stereocenters. The Morgan fingerprint density at radius 1 is 1.39 bits per heavy atom. The van der Waals surface area contributed by atoms with Crippen LogP contribution in [0.4, 0.5) is 10.5 Å². The SMILES string of the molecule is COC[C@H]1CCc2cc3c(c(NC(=O)N=[S@](N)(=O)c4cnn5c4OCCC5)c21)CCC3. The molecule has 0 fully saturated rings. The minimum atomic E-state index is -3.50. The Kier molecular flexibility index (Phi) is 5.23. The molecule has 0 saturated heterocycles. The number of hydrogen-bond acceptors (Lipinski definition) is 5. The number of rotatable bonds is 4. The van der Waals surface area contributed by atoms with Crippen LogP contribution in [0.3, 0.4) is 0 Å². The van der Waals surface area contributed by atoms with Gasteiger partial charge in [-0.3, -0.25) is 0 Å². The number of ether oxygens (including phenoxy) is 2. The molecule has 0 spiro atoms. The van der Waals surface area contributed by atoms with Crippen molar-refractivity contribution in [1.29, 1.82) is 0 Å². The summed E-state index contributed by atoms with van der Waals surface area (Å²) in [6, 6.07) is 1.57. The molecule has 0 unspecified atom stereocenters. The van der Waals surface area contributed by atoms with Crippen LogP contribution in [0.2, 0.25) is 0 Å². The Bertz CT molecular complexity index is 1170. The summed E-state index contributed by atoms with van der Waals surface area (Å²) >= 11 is 0. The van der Waals surface area contributed by atoms with Crippen LogP contribution in [0.1, 0.15) is 47.4 Å². The Labute approximate surface area is 181 Å². The summed E-state index contributed by atoms with van der Waals surface area (Å²) in [6.45, 7) is 1.74.